The highest BCUT2D eigenvalue weighted by Crippen LogP contribution is 2.64. The van der Waals surface area contributed by atoms with Gasteiger partial charge >= 0.3 is 12.3 Å². The van der Waals surface area contributed by atoms with Crippen molar-refractivity contribution >= 4 is 12.3 Å². The van der Waals surface area contributed by atoms with E-state index in [0.717, 1.165) is 0 Å². The van der Waals surface area contributed by atoms with Crippen LogP contribution in [0.3, 0.4) is 0 Å². The van der Waals surface area contributed by atoms with Crippen molar-refractivity contribution in [2.24, 2.45) is 11.3 Å². The summed E-state index contributed by atoms with van der Waals surface area (Å²) >= 11 is 0. The van der Waals surface area contributed by atoms with E-state index >= 15 is 0 Å². The lowest BCUT2D eigenvalue weighted by Crippen LogP contribution is -2.30. The molecule has 82 valence electrons. The summed E-state index contributed by atoms with van der Waals surface area (Å²) in [4.78, 5) is 20.8. The quantitative estimate of drug-likeness (QED) is 0.525. The molecule has 0 aromatic heterocycles. The second-order valence-electron chi connectivity index (χ2n) is 3.69. The molecule has 1 saturated carbocycles. The second kappa shape index (κ2) is 3.02. The van der Waals surface area contributed by atoms with Gasteiger partial charge in [-0.15, -0.1) is 0 Å². The number of hydrogen-bond acceptors (Lipinski definition) is 5. The molecule has 0 aromatic rings. The second-order valence-corrected chi connectivity index (χ2v) is 3.69. The molecule has 1 fully saturated rings. The Labute approximate surface area is 84.8 Å². The number of carboxylic acid groups (broad SMARTS) is 2. The van der Waals surface area contributed by atoms with Crippen LogP contribution in [0.1, 0.15) is 13.8 Å². The van der Waals surface area contributed by atoms with Gasteiger partial charge in [0, 0.05) is 0 Å². The fraction of sp³-hybridized carbons (Fsp3) is 0.625. The minimum atomic E-state index is -1.90. The van der Waals surface area contributed by atoms with Crippen LogP contribution in [0.15, 0.2) is 0 Å². The zero-order valence-corrected chi connectivity index (χ0v) is 8.05. The molecule has 1 unspecified atom stereocenters. The van der Waals surface area contributed by atoms with Crippen molar-refractivity contribution in [1.82, 2.24) is 0 Å². The van der Waals surface area contributed by atoms with Crippen molar-refractivity contribution in [3.8, 4) is 6.07 Å². The van der Waals surface area contributed by atoms with Crippen LogP contribution in [-0.4, -0.2) is 28.3 Å². The zero-order valence-electron chi connectivity index (χ0n) is 8.05. The molecular formula is C8H9NO6. The molecule has 0 aliphatic heterocycles. The molecule has 0 heterocycles. The Morgan fingerprint density at radius 3 is 1.87 bits per heavy atom. The van der Waals surface area contributed by atoms with Gasteiger partial charge in [0.2, 0.25) is 0 Å². The summed E-state index contributed by atoms with van der Waals surface area (Å²) in [6, 6.07) is 1.75. The van der Waals surface area contributed by atoms with Crippen LogP contribution in [0.25, 0.3) is 0 Å². The van der Waals surface area contributed by atoms with Gasteiger partial charge in [-0.05, 0) is 0 Å². The highest BCUT2D eigenvalue weighted by molar-refractivity contribution is 5.62. The predicted octanol–water partition coefficient (Wildman–Crippen LogP) is 1.25. The first-order valence-corrected chi connectivity index (χ1v) is 4.01. The first kappa shape index (κ1) is 11.1. The summed E-state index contributed by atoms with van der Waals surface area (Å²) in [5.74, 6) is -2.84. The lowest BCUT2D eigenvalue weighted by atomic mass is 10.1. The predicted molar refractivity (Wildman–Crippen MR) is 43.8 cm³/mol. The van der Waals surface area contributed by atoms with E-state index < -0.39 is 29.4 Å². The number of ether oxygens (including phenoxy) is 2. The standard InChI is InChI=1S/C8H9NO6/c1-7(2)4(3-9)8(7,14-5(10)11)15-6(12)13/h4H,1-2H3,(H,10,11)(H,12,13). The molecule has 15 heavy (non-hydrogen) atoms. The van der Waals surface area contributed by atoms with Crippen molar-refractivity contribution in [3.63, 3.8) is 0 Å². The van der Waals surface area contributed by atoms with Gasteiger partial charge < -0.3 is 19.7 Å². The van der Waals surface area contributed by atoms with Crippen LogP contribution in [0.5, 0.6) is 0 Å². The maximum absolute atomic E-state index is 10.4. The van der Waals surface area contributed by atoms with Crippen LogP contribution in [0, 0.1) is 22.7 Å². The number of nitrogens with zero attached hydrogens (tertiary/aromatic N) is 1. The zero-order chi connectivity index (χ0) is 11.9. The average molecular weight is 215 g/mol. The Bertz CT molecular complexity index is 339. The minimum absolute atomic E-state index is 0.933. The minimum Gasteiger partial charge on any atom is -0.450 e. The first-order chi connectivity index (χ1) is 6.78. The van der Waals surface area contributed by atoms with Crippen LogP contribution in [0.4, 0.5) is 9.59 Å². The monoisotopic (exact) mass is 215 g/mol. The molecule has 7 nitrogen and oxygen atoms in total. The maximum Gasteiger partial charge on any atom is 0.509 e. The SMILES string of the molecule is CC1(C)C(C#N)C1(OC(=O)O)OC(=O)O. The molecule has 1 atom stereocenters. The fourth-order valence-electron chi connectivity index (χ4n) is 1.59. The smallest absolute Gasteiger partial charge is 0.450 e. The summed E-state index contributed by atoms with van der Waals surface area (Å²) in [5.41, 5.74) is -0.974. The molecule has 1 aliphatic rings. The first-order valence-electron chi connectivity index (χ1n) is 4.01. The van der Waals surface area contributed by atoms with Gasteiger partial charge in [-0.1, -0.05) is 13.8 Å². The van der Waals surface area contributed by atoms with Crippen LogP contribution >= 0.6 is 0 Å². The summed E-state index contributed by atoms with van der Waals surface area (Å²) in [7, 11) is 0. The van der Waals surface area contributed by atoms with Crippen molar-refractivity contribution in [3.05, 3.63) is 0 Å². The van der Waals surface area contributed by atoms with Gasteiger partial charge in [0.05, 0.1) is 11.5 Å². The van der Waals surface area contributed by atoms with E-state index in [1.807, 2.05) is 0 Å². The molecular weight excluding hydrogens is 206 g/mol. The molecule has 1 rings (SSSR count). The third kappa shape index (κ3) is 1.44. The number of nitriles is 1. The molecule has 2 N–H and O–H groups in total. The van der Waals surface area contributed by atoms with Crippen molar-refractivity contribution in [2.45, 2.75) is 19.6 Å². The third-order valence-corrected chi connectivity index (χ3v) is 2.52. The number of carbonyl (C=O) groups is 2. The Morgan fingerprint density at radius 2 is 1.67 bits per heavy atom. The van der Waals surface area contributed by atoms with E-state index in [4.69, 9.17) is 15.5 Å². The van der Waals surface area contributed by atoms with Gasteiger partial charge in [0.25, 0.3) is 5.79 Å². The molecule has 0 saturated heterocycles. The molecule has 7 heteroatoms. The van der Waals surface area contributed by atoms with Crippen LogP contribution in [-0.2, 0) is 9.47 Å². The average Bonchev–Trinajstić information content (AvgIpc) is 2.43. The van der Waals surface area contributed by atoms with E-state index in [2.05, 4.69) is 9.47 Å². The Kier molecular flexibility index (Phi) is 2.23. The van der Waals surface area contributed by atoms with E-state index in [1.165, 1.54) is 13.8 Å². The van der Waals surface area contributed by atoms with Crippen LogP contribution in [0.2, 0.25) is 0 Å². The van der Waals surface area contributed by atoms with E-state index in [-0.39, 0.29) is 0 Å². The highest BCUT2D eigenvalue weighted by Gasteiger charge is 2.80. The molecule has 0 amide bonds. The topological polar surface area (TPSA) is 117 Å². The van der Waals surface area contributed by atoms with Crippen molar-refractivity contribution in [1.29, 1.82) is 5.26 Å². The molecule has 0 radical (unpaired) electrons. The largest absolute Gasteiger partial charge is 0.509 e. The van der Waals surface area contributed by atoms with Gasteiger partial charge in [0.15, 0.2) is 0 Å². The normalized spacial score (nSPS) is 24.7. The summed E-state index contributed by atoms with van der Waals surface area (Å²) in [5, 5.41) is 25.6. The van der Waals surface area contributed by atoms with Crippen molar-refractivity contribution in [2.75, 3.05) is 0 Å². The fourth-order valence-corrected chi connectivity index (χ4v) is 1.59. The van der Waals surface area contributed by atoms with E-state index in [1.54, 1.807) is 6.07 Å². The Morgan fingerprint density at radius 1 is 1.27 bits per heavy atom. The van der Waals surface area contributed by atoms with Gasteiger partial charge in [0.1, 0.15) is 5.92 Å². The summed E-state index contributed by atoms with van der Waals surface area (Å²) < 4.78 is 8.74. The molecule has 0 aromatic carbocycles. The molecule has 0 bridgehead atoms. The van der Waals surface area contributed by atoms with E-state index in [9.17, 15) is 9.59 Å². The van der Waals surface area contributed by atoms with Crippen molar-refractivity contribution < 1.29 is 29.3 Å². The van der Waals surface area contributed by atoms with Gasteiger partial charge in [-0.3, -0.25) is 0 Å². The Hall–Kier alpha value is -1.97. The number of hydrogen-bond donors (Lipinski definition) is 2. The highest BCUT2D eigenvalue weighted by atomic mass is 16.8. The lowest BCUT2D eigenvalue weighted by molar-refractivity contribution is -0.137. The van der Waals surface area contributed by atoms with Crippen LogP contribution < -0.4 is 0 Å². The molecule has 0 spiro atoms. The lowest BCUT2D eigenvalue weighted by Gasteiger charge is -2.16. The number of rotatable bonds is 2. The molecule has 1 aliphatic carbocycles. The van der Waals surface area contributed by atoms with Gasteiger partial charge in [-0.25, -0.2) is 9.59 Å². The third-order valence-electron chi connectivity index (χ3n) is 2.52. The maximum atomic E-state index is 10.4. The summed E-state index contributed by atoms with van der Waals surface area (Å²) in [6.45, 7) is 2.99. The Balaban J connectivity index is 2.97. The van der Waals surface area contributed by atoms with Gasteiger partial charge in [-0.2, -0.15) is 5.26 Å². The summed E-state index contributed by atoms with van der Waals surface area (Å²) in [6.07, 6.45) is -3.36. The van der Waals surface area contributed by atoms with E-state index in [0.29, 0.717) is 0 Å².